The maximum absolute atomic E-state index is 13.5. The molecule has 0 unspecified atom stereocenters. The Balaban J connectivity index is 2.47. The molecule has 0 aliphatic rings. The Morgan fingerprint density at radius 1 is 1.33 bits per heavy atom. The third-order valence-corrected chi connectivity index (χ3v) is 3.90. The van der Waals surface area contributed by atoms with Gasteiger partial charge < -0.3 is 5.73 Å². The van der Waals surface area contributed by atoms with Gasteiger partial charge in [-0.05, 0) is 32.9 Å². The third-order valence-electron chi connectivity index (χ3n) is 2.20. The molecule has 0 atom stereocenters. The van der Waals surface area contributed by atoms with Crippen LogP contribution in [0.5, 0.6) is 0 Å². The summed E-state index contributed by atoms with van der Waals surface area (Å²) < 4.78 is 14.5. The largest absolute Gasteiger partial charge is 0.326 e. The quantitative estimate of drug-likeness (QED) is 0.893. The molecule has 1 aromatic carbocycles. The lowest BCUT2D eigenvalue weighted by molar-refractivity contribution is 0.611. The minimum absolute atomic E-state index is 0.233. The number of thiophene rings is 1. The van der Waals surface area contributed by atoms with E-state index in [1.165, 1.54) is 6.07 Å². The van der Waals surface area contributed by atoms with E-state index in [0.717, 1.165) is 15.6 Å². The van der Waals surface area contributed by atoms with Crippen LogP contribution < -0.4 is 5.73 Å². The normalized spacial score (nSPS) is 10.6. The molecule has 0 spiro atoms. The molecule has 1 aromatic heterocycles. The molecule has 0 aliphatic carbocycles. The van der Waals surface area contributed by atoms with Crippen LogP contribution in [0.25, 0.3) is 11.1 Å². The Bertz CT molecular complexity index is 481. The smallest absolute Gasteiger partial charge is 0.128 e. The summed E-state index contributed by atoms with van der Waals surface area (Å²) in [5.41, 5.74) is 7.84. The zero-order valence-electron chi connectivity index (χ0n) is 7.84. The third kappa shape index (κ3) is 2.12. The van der Waals surface area contributed by atoms with Crippen LogP contribution in [0.2, 0.25) is 0 Å². The highest BCUT2D eigenvalue weighted by molar-refractivity contribution is 9.10. The van der Waals surface area contributed by atoms with Gasteiger partial charge in [-0.2, -0.15) is 11.3 Å². The molecule has 0 amide bonds. The predicted molar refractivity (Wildman–Crippen MR) is 65.3 cm³/mol. The van der Waals surface area contributed by atoms with Crippen molar-refractivity contribution in [2.45, 2.75) is 6.54 Å². The summed E-state index contributed by atoms with van der Waals surface area (Å²) in [5.74, 6) is -0.242. The summed E-state index contributed by atoms with van der Waals surface area (Å²) in [6.45, 7) is 0.233. The van der Waals surface area contributed by atoms with Crippen LogP contribution in [0.3, 0.4) is 0 Å². The molecule has 2 aromatic rings. The number of rotatable bonds is 2. The van der Waals surface area contributed by atoms with Gasteiger partial charge in [0.05, 0.1) is 0 Å². The van der Waals surface area contributed by atoms with Crippen LogP contribution in [-0.2, 0) is 6.54 Å². The second kappa shape index (κ2) is 4.43. The van der Waals surface area contributed by atoms with E-state index in [2.05, 4.69) is 15.9 Å². The highest BCUT2D eigenvalue weighted by Crippen LogP contribution is 2.32. The van der Waals surface area contributed by atoms with Crippen molar-refractivity contribution in [2.24, 2.45) is 5.73 Å². The Morgan fingerprint density at radius 3 is 2.67 bits per heavy atom. The minimum Gasteiger partial charge on any atom is -0.326 e. The van der Waals surface area contributed by atoms with E-state index < -0.39 is 0 Å². The Hall–Kier alpha value is -0.710. The standard InChI is InChI=1S/C11H9BrFNS/c12-10-6-15-5-9(10)7-1-2-8(4-14)11(13)3-7/h1-3,5-6H,4,14H2. The summed E-state index contributed by atoms with van der Waals surface area (Å²) >= 11 is 5.01. The number of benzene rings is 1. The van der Waals surface area contributed by atoms with Crippen molar-refractivity contribution in [3.8, 4) is 11.1 Å². The van der Waals surface area contributed by atoms with Gasteiger partial charge in [0.2, 0.25) is 0 Å². The number of nitrogens with two attached hydrogens (primary N) is 1. The van der Waals surface area contributed by atoms with E-state index >= 15 is 0 Å². The van der Waals surface area contributed by atoms with Crippen LogP contribution in [0.15, 0.2) is 33.4 Å². The van der Waals surface area contributed by atoms with Crippen LogP contribution in [-0.4, -0.2) is 0 Å². The van der Waals surface area contributed by atoms with Crippen molar-refractivity contribution in [2.75, 3.05) is 0 Å². The highest BCUT2D eigenvalue weighted by Gasteiger charge is 2.07. The fraction of sp³-hybridized carbons (Fsp3) is 0.0909. The van der Waals surface area contributed by atoms with Gasteiger partial charge in [0.15, 0.2) is 0 Å². The molecule has 15 heavy (non-hydrogen) atoms. The molecule has 1 nitrogen and oxygen atoms in total. The SMILES string of the molecule is NCc1ccc(-c2cscc2Br)cc1F. The maximum Gasteiger partial charge on any atom is 0.128 e. The lowest BCUT2D eigenvalue weighted by Gasteiger charge is -2.03. The molecule has 4 heteroatoms. The first-order valence-corrected chi connectivity index (χ1v) is 6.16. The highest BCUT2D eigenvalue weighted by atomic mass is 79.9. The summed E-state index contributed by atoms with van der Waals surface area (Å²) in [4.78, 5) is 0. The molecule has 0 saturated carbocycles. The van der Waals surface area contributed by atoms with E-state index in [4.69, 9.17) is 5.73 Å². The van der Waals surface area contributed by atoms with Gasteiger partial charge in [-0.3, -0.25) is 0 Å². The number of hydrogen-bond acceptors (Lipinski definition) is 2. The molecular weight excluding hydrogens is 277 g/mol. The van der Waals surface area contributed by atoms with Gasteiger partial charge in [0, 0.05) is 27.5 Å². The molecule has 78 valence electrons. The molecule has 1 heterocycles. The summed E-state index contributed by atoms with van der Waals surface area (Å²) in [6, 6.07) is 5.14. The van der Waals surface area contributed by atoms with E-state index in [1.807, 2.05) is 16.8 Å². The van der Waals surface area contributed by atoms with E-state index in [9.17, 15) is 4.39 Å². The van der Waals surface area contributed by atoms with Crippen LogP contribution in [0.1, 0.15) is 5.56 Å². The molecule has 0 aliphatic heterocycles. The minimum atomic E-state index is -0.242. The fourth-order valence-corrected chi connectivity index (χ4v) is 2.90. The average molecular weight is 286 g/mol. The fourth-order valence-electron chi connectivity index (χ4n) is 1.37. The van der Waals surface area contributed by atoms with Gasteiger partial charge in [0.1, 0.15) is 5.82 Å². The summed E-state index contributed by atoms with van der Waals surface area (Å²) in [5, 5.41) is 3.96. The summed E-state index contributed by atoms with van der Waals surface area (Å²) in [6.07, 6.45) is 0. The number of hydrogen-bond donors (Lipinski definition) is 1. The van der Waals surface area contributed by atoms with Crippen molar-refractivity contribution in [1.29, 1.82) is 0 Å². The van der Waals surface area contributed by atoms with Crippen molar-refractivity contribution in [3.05, 3.63) is 44.8 Å². The summed E-state index contributed by atoms with van der Waals surface area (Å²) in [7, 11) is 0. The first-order chi connectivity index (χ1) is 7.22. The molecule has 0 radical (unpaired) electrons. The average Bonchev–Trinajstić information content (AvgIpc) is 2.64. The van der Waals surface area contributed by atoms with Crippen LogP contribution >= 0.6 is 27.3 Å². The molecule has 2 N–H and O–H groups in total. The zero-order chi connectivity index (χ0) is 10.8. The van der Waals surface area contributed by atoms with Gasteiger partial charge >= 0.3 is 0 Å². The molecule has 0 bridgehead atoms. The predicted octanol–water partition coefficient (Wildman–Crippen LogP) is 3.78. The maximum atomic E-state index is 13.5. The van der Waals surface area contributed by atoms with Crippen molar-refractivity contribution < 1.29 is 4.39 Å². The number of halogens is 2. The second-order valence-corrected chi connectivity index (χ2v) is 4.74. The zero-order valence-corrected chi connectivity index (χ0v) is 10.2. The van der Waals surface area contributed by atoms with Gasteiger partial charge in [-0.15, -0.1) is 0 Å². The Morgan fingerprint density at radius 2 is 2.13 bits per heavy atom. The van der Waals surface area contributed by atoms with Crippen molar-refractivity contribution >= 4 is 27.3 Å². The van der Waals surface area contributed by atoms with Gasteiger partial charge in [-0.25, -0.2) is 4.39 Å². The second-order valence-electron chi connectivity index (χ2n) is 3.14. The van der Waals surface area contributed by atoms with Crippen molar-refractivity contribution in [3.63, 3.8) is 0 Å². The van der Waals surface area contributed by atoms with Crippen LogP contribution in [0, 0.1) is 5.82 Å². The lowest BCUT2D eigenvalue weighted by Crippen LogP contribution is -1.99. The molecule has 0 fully saturated rings. The first-order valence-electron chi connectivity index (χ1n) is 4.43. The van der Waals surface area contributed by atoms with Crippen molar-refractivity contribution in [1.82, 2.24) is 0 Å². The Labute approximate surface area is 99.9 Å². The molecule has 0 saturated heterocycles. The Kier molecular flexibility index (Phi) is 3.19. The molecule has 2 rings (SSSR count). The monoisotopic (exact) mass is 285 g/mol. The van der Waals surface area contributed by atoms with E-state index in [1.54, 1.807) is 17.4 Å². The van der Waals surface area contributed by atoms with Gasteiger partial charge in [-0.1, -0.05) is 12.1 Å². The van der Waals surface area contributed by atoms with Crippen LogP contribution in [0.4, 0.5) is 4.39 Å². The topological polar surface area (TPSA) is 26.0 Å². The van der Waals surface area contributed by atoms with Gasteiger partial charge in [0.25, 0.3) is 0 Å². The van der Waals surface area contributed by atoms with E-state index in [-0.39, 0.29) is 12.4 Å². The van der Waals surface area contributed by atoms with E-state index in [0.29, 0.717) is 5.56 Å². The lowest BCUT2D eigenvalue weighted by atomic mass is 10.1. The first kappa shape index (κ1) is 10.8. The molecular formula is C11H9BrFNS.